The van der Waals surface area contributed by atoms with E-state index in [2.05, 4.69) is 20.5 Å². The number of benzene rings is 1. The number of ketones is 1. The number of para-hydroxylation sites is 1. The van der Waals surface area contributed by atoms with Gasteiger partial charge in [0.25, 0.3) is 17.0 Å². The third-order valence-electron chi connectivity index (χ3n) is 5.59. The molecular weight excluding hydrogens is 426 g/mol. The number of anilines is 1. The fourth-order valence-electron chi connectivity index (χ4n) is 4.02. The Hall–Kier alpha value is -4.73. The van der Waals surface area contributed by atoms with Gasteiger partial charge < -0.3 is 15.0 Å². The van der Waals surface area contributed by atoms with E-state index >= 15 is 0 Å². The highest BCUT2D eigenvalue weighted by molar-refractivity contribution is 6.35. The quantitative estimate of drug-likeness (QED) is 0.281. The van der Waals surface area contributed by atoms with E-state index in [-0.39, 0.29) is 39.5 Å². The highest BCUT2D eigenvalue weighted by atomic mass is 16.3. The summed E-state index contributed by atoms with van der Waals surface area (Å²) in [6, 6.07) is 9.90. The summed E-state index contributed by atoms with van der Waals surface area (Å²) in [7, 11) is 0. The Balaban J connectivity index is 1.76. The van der Waals surface area contributed by atoms with Crippen molar-refractivity contribution in [1.29, 1.82) is 0 Å². The molecule has 1 aliphatic heterocycles. The number of Topliss-reactive ketones (excluding diaryl/α,β-unsaturated/α-hetero) is 1. The normalized spacial score (nSPS) is 14.5. The number of aromatic nitrogens is 4. The van der Waals surface area contributed by atoms with Gasteiger partial charge in [0.15, 0.2) is 0 Å². The van der Waals surface area contributed by atoms with E-state index in [0.29, 0.717) is 17.4 Å². The standard InChI is InChI=1S/C23H17N5O5/c1-2-28-15-8-4-3-6-11(15)19(30)16(23(28)33)17-13(22(32)27-26-17)10-14-18(29)12-7-5-9-24-20(12)25-21(14)31/h3-10,30H,2H2,1H3,(H,24,25,31)(H2,26,27,32)/b14-10-. The topological polar surface area (TPSA) is 150 Å². The van der Waals surface area contributed by atoms with Crippen LogP contribution in [0.5, 0.6) is 5.75 Å². The number of nitrogens with zero attached hydrogens (tertiary/aromatic N) is 2. The minimum atomic E-state index is -0.730. The molecule has 0 atom stereocenters. The first-order valence-corrected chi connectivity index (χ1v) is 10.1. The summed E-state index contributed by atoms with van der Waals surface area (Å²) in [6.45, 7) is 2.11. The lowest BCUT2D eigenvalue weighted by atomic mass is 9.96. The van der Waals surface area contributed by atoms with Crippen LogP contribution in [0.2, 0.25) is 0 Å². The van der Waals surface area contributed by atoms with Crippen LogP contribution in [-0.4, -0.2) is 36.5 Å². The molecule has 33 heavy (non-hydrogen) atoms. The summed E-state index contributed by atoms with van der Waals surface area (Å²) in [6.07, 6.45) is 2.56. The fourth-order valence-corrected chi connectivity index (χ4v) is 4.02. The summed E-state index contributed by atoms with van der Waals surface area (Å²) in [5.41, 5.74) is -1.08. The zero-order chi connectivity index (χ0) is 23.3. The smallest absolute Gasteiger partial charge is 0.271 e. The zero-order valence-corrected chi connectivity index (χ0v) is 17.3. The number of H-pyrrole nitrogens is 2. The number of rotatable bonds is 3. The second kappa shape index (κ2) is 7.45. The van der Waals surface area contributed by atoms with E-state index in [1.807, 2.05) is 0 Å². The molecule has 1 aliphatic rings. The molecule has 4 heterocycles. The molecule has 0 radical (unpaired) electrons. The molecule has 10 heteroatoms. The number of carbonyl (C=O) groups excluding carboxylic acids is 2. The summed E-state index contributed by atoms with van der Waals surface area (Å²) >= 11 is 0. The van der Waals surface area contributed by atoms with Crippen molar-refractivity contribution in [2.45, 2.75) is 13.5 Å². The minimum absolute atomic E-state index is 0.0273. The fraction of sp³-hybridized carbons (Fsp3) is 0.0870. The summed E-state index contributed by atoms with van der Waals surface area (Å²) < 4.78 is 1.47. The highest BCUT2D eigenvalue weighted by Crippen LogP contribution is 2.34. The summed E-state index contributed by atoms with van der Waals surface area (Å²) in [5, 5.41) is 18.9. The predicted octanol–water partition coefficient (Wildman–Crippen LogP) is 2.02. The molecule has 5 rings (SSSR count). The monoisotopic (exact) mass is 443 g/mol. The van der Waals surface area contributed by atoms with Crippen LogP contribution >= 0.6 is 0 Å². The van der Waals surface area contributed by atoms with Crippen LogP contribution in [-0.2, 0) is 11.3 Å². The van der Waals surface area contributed by atoms with Gasteiger partial charge in [0.05, 0.1) is 27.9 Å². The van der Waals surface area contributed by atoms with Crippen molar-refractivity contribution in [1.82, 2.24) is 19.7 Å². The summed E-state index contributed by atoms with van der Waals surface area (Å²) in [4.78, 5) is 55.4. The van der Waals surface area contributed by atoms with Crippen molar-refractivity contribution >= 4 is 34.5 Å². The highest BCUT2D eigenvalue weighted by Gasteiger charge is 2.30. The molecule has 1 aromatic carbocycles. The largest absolute Gasteiger partial charge is 0.506 e. The Morgan fingerprint density at radius 1 is 1.06 bits per heavy atom. The number of pyridine rings is 2. The van der Waals surface area contributed by atoms with Gasteiger partial charge in [-0.05, 0) is 37.3 Å². The number of amides is 1. The van der Waals surface area contributed by atoms with Crippen LogP contribution in [0.25, 0.3) is 28.2 Å². The second-order valence-corrected chi connectivity index (χ2v) is 7.40. The van der Waals surface area contributed by atoms with Crippen LogP contribution in [0, 0.1) is 0 Å². The molecule has 0 fully saturated rings. The number of aromatic hydroxyl groups is 1. The number of aryl methyl sites for hydroxylation is 1. The van der Waals surface area contributed by atoms with Gasteiger partial charge >= 0.3 is 0 Å². The van der Waals surface area contributed by atoms with Crippen molar-refractivity contribution in [2.75, 3.05) is 5.32 Å². The van der Waals surface area contributed by atoms with Gasteiger partial charge in [-0.15, -0.1) is 0 Å². The van der Waals surface area contributed by atoms with Gasteiger partial charge in [0.1, 0.15) is 17.1 Å². The van der Waals surface area contributed by atoms with Crippen molar-refractivity contribution < 1.29 is 14.7 Å². The molecular formula is C23H17N5O5. The van der Waals surface area contributed by atoms with Gasteiger partial charge in [0, 0.05) is 18.1 Å². The van der Waals surface area contributed by atoms with Gasteiger partial charge in [0.2, 0.25) is 5.78 Å². The number of carbonyl (C=O) groups is 2. The van der Waals surface area contributed by atoms with Crippen LogP contribution in [0.1, 0.15) is 22.8 Å². The number of hydrogen-bond acceptors (Lipinski definition) is 6. The van der Waals surface area contributed by atoms with Gasteiger partial charge in [-0.25, -0.2) is 4.98 Å². The van der Waals surface area contributed by atoms with E-state index in [1.54, 1.807) is 37.3 Å². The third kappa shape index (κ3) is 2.99. The molecule has 10 nitrogen and oxygen atoms in total. The zero-order valence-electron chi connectivity index (χ0n) is 17.3. The van der Waals surface area contributed by atoms with E-state index in [0.717, 1.165) is 6.08 Å². The van der Waals surface area contributed by atoms with Gasteiger partial charge in [-0.3, -0.25) is 29.4 Å². The van der Waals surface area contributed by atoms with Crippen LogP contribution in [0.4, 0.5) is 5.82 Å². The van der Waals surface area contributed by atoms with E-state index in [1.165, 1.54) is 16.8 Å². The lowest BCUT2D eigenvalue weighted by molar-refractivity contribution is -0.112. The van der Waals surface area contributed by atoms with Gasteiger partial charge in [-0.1, -0.05) is 12.1 Å². The first-order valence-electron chi connectivity index (χ1n) is 10.1. The number of nitrogens with one attached hydrogen (secondary N) is 3. The lowest BCUT2D eigenvalue weighted by Gasteiger charge is -2.16. The van der Waals surface area contributed by atoms with Crippen LogP contribution < -0.4 is 16.4 Å². The Kier molecular flexibility index (Phi) is 4.56. The Morgan fingerprint density at radius 2 is 1.85 bits per heavy atom. The molecule has 0 bridgehead atoms. The molecule has 0 aliphatic carbocycles. The molecule has 4 aromatic rings. The maximum Gasteiger partial charge on any atom is 0.271 e. The van der Waals surface area contributed by atoms with Gasteiger partial charge in [-0.2, -0.15) is 0 Å². The first-order chi connectivity index (χ1) is 15.9. The van der Waals surface area contributed by atoms with Crippen molar-refractivity contribution in [3.8, 4) is 17.0 Å². The molecule has 164 valence electrons. The predicted molar refractivity (Wildman–Crippen MR) is 121 cm³/mol. The van der Waals surface area contributed by atoms with Crippen molar-refractivity contribution in [3.63, 3.8) is 0 Å². The molecule has 0 spiro atoms. The third-order valence-corrected chi connectivity index (χ3v) is 5.59. The Bertz CT molecular complexity index is 1620. The molecule has 3 aromatic heterocycles. The number of fused-ring (bicyclic) bond motifs is 2. The maximum atomic E-state index is 13.3. The van der Waals surface area contributed by atoms with E-state index in [9.17, 15) is 24.3 Å². The average molecular weight is 443 g/mol. The second-order valence-electron chi connectivity index (χ2n) is 7.40. The SMILES string of the molecule is CCn1c(=O)c(-c2[nH][nH]c(=O)c2/C=C2\C(=O)Nc3ncccc3C2=O)c(O)c2ccccc21. The minimum Gasteiger partial charge on any atom is -0.506 e. The van der Waals surface area contributed by atoms with E-state index in [4.69, 9.17) is 0 Å². The first kappa shape index (κ1) is 20.2. The number of aromatic amines is 2. The Morgan fingerprint density at radius 3 is 2.64 bits per heavy atom. The van der Waals surface area contributed by atoms with E-state index < -0.39 is 22.8 Å². The van der Waals surface area contributed by atoms with Crippen molar-refractivity contribution in [2.24, 2.45) is 0 Å². The van der Waals surface area contributed by atoms with Crippen molar-refractivity contribution in [3.05, 3.63) is 80.0 Å². The maximum absolute atomic E-state index is 13.3. The molecule has 0 saturated heterocycles. The molecule has 0 unspecified atom stereocenters. The molecule has 0 saturated carbocycles. The number of hydrogen-bond donors (Lipinski definition) is 4. The lowest BCUT2D eigenvalue weighted by Crippen LogP contribution is -2.28. The average Bonchev–Trinajstić information content (AvgIpc) is 3.17. The Labute approximate surface area is 185 Å². The summed E-state index contributed by atoms with van der Waals surface area (Å²) in [5.74, 6) is -1.52. The molecule has 4 N–H and O–H groups in total. The van der Waals surface area contributed by atoms with Crippen LogP contribution in [0.3, 0.4) is 0 Å². The van der Waals surface area contributed by atoms with Crippen LogP contribution in [0.15, 0.2) is 57.8 Å². The molecule has 1 amide bonds.